The number of halogens is 2. The van der Waals surface area contributed by atoms with Crippen LogP contribution in [0.2, 0.25) is 5.02 Å². The van der Waals surface area contributed by atoms with Crippen LogP contribution in [-0.4, -0.2) is 36.3 Å². The molecule has 0 aromatic heterocycles. The van der Waals surface area contributed by atoms with Gasteiger partial charge in [0.1, 0.15) is 22.8 Å². The molecule has 0 aliphatic carbocycles. The molecule has 1 aromatic carbocycles. The molecule has 1 unspecified atom stereocenters. The summed E-state index contributed by atoms with van der Waals surface area (Å²) in [4.78, 5) is 16.8. The fourth-order valence-electron chi connectivity index (χ4n) is 2.83. The van der Waals surface area contributed by atoms with Crippen LogP contribution in [0.4, 0.5) is 10.1 Å². The first-order valence-electron chi connectivity index (χ1n) is 8.10. The van der Waals surface area contributed by atoms with E-state index in [-0.39, 0.29) is 16.3 Å². The van der Waals surface area contributed by atoms with Crippen LogP contribution < -0.4 is 11.5 Å². The average Bonchev–Trinajstić information content (AvgIpc) is 2.45. The van der Waals surface area contributed by atoms with Crippen molar-refractivity contribution in [3.63, 3.8) is 0 Å². The number of rotatable bonds is 2. The third-order valence-electron chi connectivity index (χ3n) is 4.37. The maximum atomic E-state index is 14.6. The molecule has 0 spiro atoms. The number of carbonyl (C=O) groups is 1. The molecule has 2 atom stereocenters. The van der Waals surface area contributed by atoms with E-state index in [0.717, 1.165) is 6.92 Å². The van der Waals surface area contributed by atoms with Crippen molar-refractivity contribution < 1.29 is 22.3 Å². The molecule has 0 saturated carbocycles. The van der Waals surface area contributed by atoms with Gasteiger partial charge in [-0.05, 0) is 46.8 Å². The van der Waals surface area contributed by atoms with Gasteiger partial charge in [-0.3, -0.25) is 4.99 Å². The Labute approximate surface area is 162 Å². The number of nitrogens with zero attached hydrogens (tertiary/aromatic N) is 1. The molecule has 2 rings (SSSR count). The molecule has 1 heterocycles. The molecular weight excluding hydrogens is 397 g/mol. The smallest absolute Gasteiger partial charge is 0.335 e. The monoisotopic (exact) mass is 419 g/mol. The van der Waals surface area contributed by atoms with Gasteiger partial charge in [0.05, 0.1) is 10.8 Å². The van der Waals surface area contributed by atoms with Gasteiger partial charge in [0.2, 0.25) is 4.75 Å². The predicted molar refractivity (Wildman–Crippen MR) is 103 cm³/mol. The minimum absolute atomic E-state index is 0.120. The molecule has 0 radical (unpaired) electrons. The minimum atomic E-state index is -4.22. The lowest BCUT2D eigenvalue weighted by Crippen LogP contribution is -2.62. The second-order valence-corrected chi connectivity index (χ2v) is 10.7. The van der Waals surface area contributed by atoms with E-state index in [2.05, 4.69) is 4.99 Å². The van der Waals surface area contributed by atoms with E-state index in [1.165, 1.54) is 19.1 Å². The van der Waals surface area contributed by atoms with Gasteiger partial charge in [0, 0.05) is 11.3 Å². The molecule has 150 valence electrons. The summed E-state index contributed by atoms with van der Waals surface area (Å²) >= 11 is 5.83. The molecule has 27 heavy (non-hydrogen) atoms. The molecule has 0 bridgehead atoms. The van der Waals surface area contributed by atoms with Gasteiger partial charge < -0.3 is 16.2 Å². The van der Waals surface area contributed by atoms with Crippen molar-refractivity contribution >= 4 is 38.9 Å². The fraction of sp³-hybridized carbons (Fsp3) is 0.529. The number of sulfone groups is 1. The highest BCUT2D eigenvalue weighted by atomic mass is 35.5. The van der Waals surface area contributed by atoms with Crippen molar-refractivity contribution in [2.24, 2.45) is 10.7 Å². The van der Waals surface area contributed by atoms with E-state index in [9.17, 15) is 17.6 Å². The number of carbonyl (C=O) groups excluding carboxylic acids is 1. The summed E-state index contributed by atoms with van der Waals surface area (Å²) in [5.41, 5.74) is 9.14. The zero-order valence-electron chi connectivity index (χ0n) is 15.8. The number of esters is 1. The van der Waals surface area contributed by atoms with Crippen molar-refractivity contribution in [1.29, 1.82) is 0 Å². The number of amidine groups is 1. The summed E-state index contributed by atoms with van der Waals surface area (Å²) in [6.45, 7) is 7.33. The summed E-state index contributed by atoms with van der Waals surface area (Å²) in [5, 5.41) is -0.266. The number of aliphatic imine (C=N–C) groups is 1. The van der Waals surface area contributed by atoms with Crippen molar-refractivity contribution in [3.8, 4) is 0 Å². The SMILES string of the molecule is CC(C)(C)OC(=O)C1(C)C(N)=N[C@](C)(c2cc(N)cc(Cl)c2F)CS1(=O)=O. The summed E-state index contributed by atoms with van der Waals surface area (Å²) < 4.78 is 43.8. The van der Waals surface area contributed by atoms with Crippen molar-refractivity contribution in [1.82, 2.24) is 0 Å². The summed E-state index contributed by atoms with van der Waals surface area (Å²) in [6, 6.07) is 2.46. The number of ether oxygens (including phenoxy) is 1. The van der Waals surface area contributed by atoms with Crippen LogP contribution in [0.25, 0.3) is 0 Å². The predicted octanol–water partition coefficient (Wildman–Crippen LogP) is 2.16. The molecule has 7 nitrogen and oxygen atoms in total. The third-order valence-corrected chi connectivity index (χ3v) is 7.21. The van der Waals surface area contributed by atoms with Crippen LogP contribution in [0.3, 0.4) is 0 Å². The highest BCUT2D eigenvalue weighted by molar-refractivity contribution is 7.94. The summed E-state index contributed by atoms with van der Waals surface area (Å²) in [7, 11) is -4.22. The van der Waals surface area contributed by atoms with Crippen LogP contribution in [0.5, 0.6) is 0 Å². The van der Waals surface area contributed by atoms with Gasteiger partial charge in [0.25, 0.3) is 0 Å². The molecular formula is C17H23ClFN3O4S. The lowest BCUT2D eigenvalue weighted by Gasteiger charge is -2.39. The average molecular weight is 420 g/mol. The van der Waals surface area contributed by atoms with Gasteiger partial charge >= 0.3 is 5.97 Å². The quantitative estimate of drug-likeness (QED) is 0.559. The Morgan fingerprint density at radius 1 is 1.30 bits per heavy atom. The van der Waals surface area contributed by atoms with E-state index in [0.29, 0.717) is 0 Å². The largest absolute Gasteiger partial charge is 0.458 e. The first kappa shape index (κ1) is 21.4. The Bertz CT molecular complexity index is 942. The standard InChI is InChI=1S/C17H23ClFN3O4S/c1-15(2,3)26-14(23)17(5)13(21)22-16(4,8-27(17,24)25)10-6-9(20)7-11(18)12(10)19/h6-7H,8,20H2,1-5H3,(H2,21,22)/t16-,17?/m0/s1. The minimum Gasteiger partial charge on any atom is -0.458 e. The van der Waals surface area contributed by atoms with Gasteiger partial charge in [-0.25, -0.2) is 17.6 Å². The molecule has 0 amide bonds. The normalized spacial score (nSPS) is 27.7. The number of hydrogen-bond acceptors (Lipinski definition) is 7. The second-order valence-electron chi connectivity index (χ2n) is 7.93. The number of nitrogens with two attached hydrogens (primary N) is 2. The van der Waals surface area contributed by atoms with Crippen LogP contribution >= 0.6 is 11.6 Å². The van der Waals surface area contributed by atoms with Gasteiger partial charge in [0.15, 0.2) is 9.84 Å². The van der Waals surface area contributed by atoms with E-state index in [4.69, 9.17) is 27.8 Å². The van der Waals surface area contributed by atoms with Gasteiger partial charge in [-0.2, -0.15) is 0 Å². The van der Waals surface area contributed by atoms with Crippen molar-refractivity contribution in [2.45, 2.75) is 50.5 Å². The fourth-order valence-corrected chi connectivity index (χ4v) is 4.96. The van der Waals surface area contributed by atoms with Gasteiger partial charge in [-0.15, -0.1) is 0 Å². The van der Waals surface area contributed by atoms with Crippen LogP contribution in [0.15, 0.2) is 17.1 Å². The maximum absolute atomic E-state index is 14.6. The molecule has 0 fully saturated rings. The van der Waals surface area contributed by atoms with E-state index in [1.807, 2.05) is 0 Å². The zero-order chi connectivity index (χ0) is 21.0. The number of hydrogen-bond donors (Lipinski definition) is 2. The molecule has 1 aliphatic rings. The Hall–Kier alpha value is -1.87. The van der Waals surface area contributed by atoms with E-state index in [1.54, 1.807) is 20.8 Å². The Kier molecular flexibility index (Phi) is 5.03. The Morgan fingerprint density at radius 3 is 2.33 bits per heavy atom. The van der Waals surface area contributed by atoms with E-state index < -0.39 is 49.1 Å². The lowest BCUT2D eigenvalue weighted by molar-refractivity contribution is -0.155. The van der Waals surface area contributed by atoms with Crippen molar-refractivity contribution in [3.05, 3.63) is 28.5 Å². The summed E-state index contributed by atoms with van der Waals surface area (Å²) in [6.07, 6.45) is 0. The molecule has 0 saturated heterocycles. The number of anilines is 1. The lowest BCUT2D eigenvalue weighted by atomic mass is 9.92. The Balaban J connectivity index is 2.66. The van der Waals surface area contributed by atoms with Crippen molar-refractivity contribution in [2.75, 3.05) is 11.5 Å². The van der Waals surface area contributed by atoms with Crippen LogP contribution in [-0.2, 0) is 24.9 Å². The third kappa shape index (κ3) is 3.62. The first-order valence-corrected chi connectivity index (χ1v) is 10.1. The highest BCUT2D eigenvalue weighted by Gasteiger charge is 2.58. The Morgan fingerprint density at radius 2 is 1.85 bits per heavy atom. The maximum Gasteiger partial charge on any atom is 0.335 e. The topological polar surface area (TPSA) is 125 Å². The number of benzene rings is 1. The number of nitrogen functional groups attached to an aromatic ring is 1. The van der Waals surface area contributed by atoms with E-state index >= 15 is 0 Å². The van der Waals surface area contributed by atoms with Crippen LogP contribution in [0, 0.1) is 5.82 Å². The molecule has 1 aliphatic heterocycles. The zero-order valence-corrected chi connectivity index (χ0v) is 17.3. The summed E-state index contributed by atoms with van der Waals surface area (Å²) in [5.74, 6) is -3.04. The molecule has 4 N–H and O–H groups in total. The highest BCUT2D eigenvalue weighted by Crippen LogP contribution is 2.40. The van der Waals surface area contributed by atoms with Gasteiger partial charge in [-0.1, -0.05) is 11.6 Å². The first-order chi connectivity index (χ1) is 12.0. The molecule has 10 heteroatoms. The molecule has 1 aromatic rings. The second kappa shape index (κ2) is 6.34. The van der Waals surface area contributed by atoms with Crippen LogP contribution in [0.1, 0.15) is 40.2 Å².